The highest BCUT2D eigenvalue weighted by Gasteiger charge is 2.25. The first kappa shape index (κ1) is 21.7. The van der Waals surface area contributed by atoms with Crippen molar-refractivity contribution >= 4 is 30.3 Å². The number of alkyl halides is 1. The van der Waals surface area contributed by atoms with Gasteiger partial charge in [-0.2, -0.15) is 12.6 Å². The van der Waals surface area contributed by atoms with Crippen molar-refractivity contribution in [3.8, 4) is 0 Å². The molecule has 0 saturated carbocycles. The Kier molecular flexibility index (Phi) is 8.25. The van der Waals surface area contributed by atoms with E-state index in [0.717, 1.165) is 11.1 Å². The van der Waals surface area contributed by atoms with E-state index in [9.17, 15) is 19.1 Å². The summed E-state index contributed by atoms with van der Waals surface area (Å²) >= 11 is 4.51. The summed E-state index contributed by atoms with van der Waals surface area (Å²) in [6.45, 7) is -0.644. The molecule has 0 spiro atoms. The van der Waals surface area contributed by atoms with E-state index in [1.54, 1.807) is 36.5 Å². The molecule has 2 unspecified atom stereocenters. The van der Waals surface area contributed by atoms with Gasteiger partial charge in [0.25, 0.3) is 5.91 Å². The molecule has 0 aliphatic heterocycles. The number of carboxylic acids is 1. The number of thiol groups is 1. The number of carboxylic acid groups (broad SMARTS) is 1. The lowest BCUT2D eigenvalue weighted by Crippen LogP contribution is -2.27. The third kappa shape index (κ3) is 6.53. The maximum Gasteiger partial charge on any atom is 0.307 e. The highest BCUT2D eigenvalue weighted by atomic mass is 32.1. The predicted octanol–water partition coefficient (Wildman–Crippen LogP) is 2.54. The van der Waals surface area contributed by atoms with Crippen LogP contribution in [-0.4, -0.2) is 40.4 Å². The highest BCUT2D eigenvalue weighted by Crippen LogP contribution is 2.22. The van der Waals surface area contributed by atoms with Gasteiger partial charge in [0.1, 0.15) is 12.5 Å². The number of rotatable bonds is 10. The normalized spacial score (nSPS) is 12.9. The molecule has 1 amide bonds. The number of hydrogen-bond donors (Lipinski definition) is 4. The number of aromatic nitrogens is 1. The summed E-state index contributed by atoms with van der Waals surface area (Å²) < 4.78 is 12.2. The van der Waals surface area contributed by atoms with Crippen molar-refractivity contribution in [3.63, 3.8) is 0 Å². The summed E-state index contributed by atoms with van der Waals surface area (Å²) in [6, 6.07) is 10.4. The number of aryl methyl sites for hydroxylation is 1. The zero-order chi connectivity index (χ0) is 20.5. The zero-order valence-electron chi connectivity index (χ0n) is 15.3. The van der Waals surface area contributed by atoms with Crippen molar-refractivity contribution in [1.29, 1.82) is 0 Å². The van der Waals surface area contributed by atoms with Crippen molar-refractivity contribution in [2.24, 2.45) is 5.92 Å². The molecule has 0 saturated heterocycles. The standard InChI is InChI=1S/C20H24FN3O3S/c21-8-9-23-19(25)15-3-1-2-13(10-15)4-6-17(28)16(20(26)27)11-14-5-7-18(22)24-12-14/h1-3,5,7,10,12,16-17,28H,4,6,8-9,11H2,(H2,22,24)(H,23,25)(H,26,27). The molecule has 2 rings (SSSR count). The minimum absolute atomic E-state index is 0.0257. The summed E-state index contributed by atoms with van der Waals surface area (Å²) in [5.74, 6) is -1.55. The van der Waals surface area contributed by atoms with E-state index in [2.05, 4.69) is 22.9 Å². The second kappa shape index (κ2) is 10.7. The van der Waals surface area contributed by atoms with E-state index in [4.69, 9.17) is 5.73 Å². The second-order valence-corrected chi connectivity index (χ2v) is 7.15. The zero-order valence-corrected chi connectivity index (χ0v) is 16.2. The van der Waals surface area contributed by atoms with Crippen molar-refractivity contribution < 1.29 is 19.1 Å². The molecular weight excluding hydrogens is 381 g/mol. The number of aliphatic carboxylic acids is 1. The molecule has 0 fully saturated rings. The monoisotopic (exact) mass is 405 g/mol. The number of anilines is 1. The third-order valence-corrected chi connectivity index (χ3v) is 5.00. The molecule has 0 radical (unpaired) electrons. The van der Waals surface area contributed by atoms with E-state index in [1.807, 2.05) is 6.07 Å². The van der Waals surface area contributed by atoms with Gasteiger partial charge in [-0.3, -0.25) is 9.59 Å². The van der Waals surface area contributed by atoms with Crippen LogP contribution in [0.4, 0.5) is 10.2 Å². The number of amides is 1. The highest BCUT2D eigenvalue weighted by molar-refractivity contribution is 7.81. The third-order valence-electron chi connectivity index (χ3n) is 4.38. The molecular formula is C20H24FN3O3S. The predicted molar refractivity (Wildman–Crippen MR) is 109 cm³/mol. The van der Waals surface area contributed by atoms with Gasteiger partial charge < -0.3 is 16.2 Å². The topological polar surface area (TPSA) is 105 Å². The number of halogens is 1. The smallest absolute Gasteiger partial charge is 0.307 e. The Hall–Kier alpha value is -2.61. The first-order chi connectivity index (χ1) is 13.4. The molecule has 8 heteroatoms. The van der Waals surface area contributed by atoms with Crippen LogP contribution in [0.5, 0.6) is 0 Å². The van der Waals surface area contributed by atoms with Crippen LogP contribution in [-0.2, 0) is 17.6 Å². The average Bonchev–Trinajstić information content (AvgIpc) is 2.69. The molecule has 0 bridgehead atoms. The Morgan fingerprint density at radius 2 is 2.04 bits per heavy atom. The van der Waals surface area contributed by atoms with E-state index >= 15 is 0 Å². The van der Waals surface area contributed by atoms with Crippen LogP contribution in [0.3, 0.4) is 0 Å². The van der Waals surface area contributed by atoms with Gasteiger partial charge in [0.2, 0.25) is 0 Å². The molecule has 0 aliphatic carbocycles. The Morgan fingerprint density at radius 3 is 2.68 bits per heavy atom. The Labute approximate surface area is 168 Å². The van der Waals surface area contributed by atoms with Crippen LogP contribution in [0.2, 0.25) is 0 Å². The van der Waals surface area contributed by atoms with Crippen molar-refractivity contribution in [2.75, 3.05) is 19.0 Å². The maximum atomic E-state index is 12.2. The minimum atomic E-state index is -0.920. The van der Waals surface area contributed by atoms with Crippen molar-refractivity contribution in [1.82, 2.24) is 10.3 Å². The number of nitrogens with one attached hydrogen (secondary N) is 1. The molecule has 2 aromatic rings. The Balaban J connectivity index is 1.98. The van der Waals surface area contributed by atoms with Crippen LogP contribution in [0.15, 0.2) is 42.6 Å². The minimum Gasteiger partial charge on any atom is -0.481 e. The molecule has 1 heterocycles. The molecule has 1 aromatic carbocycles. The van der Waals surface area contributed by atoms with Gasteiger partial charge >= 0.3 is 5.97 Å². The van der Waals surface area contributed by atoms with Gasteiger partial charge in [-0.05, 0) is 48.6 Å². The lowest BCUT2D eigenvalue weighted by Gasteiger charge is -2.19. The van der Waals surface area contributed by atoms with Crippen LogP contribution in [0.25, 0.3) is 0 Å². The molecule has 150 valence electrons. The summed E-state index contributed by atoms with van der Waals surface area (Å²) in [5.41, 5.74) is 7.69. The van der Waals surface area contributed by atoms with Gasteiger partial charge in [-0.15, -0.1) is 0 Å². The molecule has 4 N–H and O–H groups in total. The summed E-state index contributed by atoms with van der Waals surface area (Å²) in [7, 11) is 0. The van der Waals surface area contributed by atoms with Crippen LogP contribution in [0.1, 0.15) is 27.9 Å². The summed E-state index contributed by atoms with van der Waals surface area (Å²) in [4.78, 5) is 27.6. The molecule has 6 nitrogen and oxygen atoms in total. The van der Waals surface area contributed by atoms with Gasteiger partial charge in [0, 0.05) is 23.6 Å². The number of nitrogens with zero attached hydrogens (tertiary/aromatic N) is 1. The van der Waals surface area contributed by atoms with E-state index in [-0.39, 0.29) is 17.7 Å². The van der Waals surface area contributed by atoms with Crippen LogP contribution in [0, 0.1) is 5.92 Å². The first-order valence-electron chi connectivity index (χ1n) is 8.95. The lowest BCUT2D eigenvalue weighted by atomic mass is 9.93. The lowest BCUT2D eigenvalue weighted by molar-refractivity contribution is -0.141. The largest absolute Gasteiger partial charge is 0.481 e. The van der Waals surface area contributed by atoms with Gasteiger partial charge in [0.05, 0.1) is 5.92 Å². The number of pyridine rings is 1. The number of benzene rings is 1. The van der Waals surface area contributed by atoms with Gasteiger partial charge in [-0.25, -0.2) is 9.37 Å². The van der Waals surface area contributed by atoms with E-state index in [1.165, 1.54) is 0 Å². The SMILES string of the molecule is Nc1ccc(CC(C(=O)O)C(S)CCc2cccc(C(=O)NCCF)c2)cn1. The van der Waals surface area contributed by atoms with Crippen LogP contribution < -0.4 is 11.1 Å². The number of carbonyl (C=O) groups is 2. The van der Waals surface area contributed by atoms with Crippen LogP contribution >= 0.6 is 12.6 Å². The van der Waals surface area contributed by atoms with Crippen molar-refractivity contribution in [2.45, 2.75) is 24.5 Å². The molecule has 28 heavy (non-hydrogen) atoms. The van der Waals surface area contributed by atoms with E-state index < -0.39 is 18.6 Å². The Morgan fingerprint density at radius 1 is 1.25 bits per heavy atom. The maximum absolute atomic E-state index is 12.2. The fourth-order valence-corrected chi connectivity index (χ4v) is 3.21. The van der Waals surface area contributed by atoms with Gasteiger partial charge in [-0.1, -0.05) is 18.2 Å². The summed E-state index contributed by atoms with van der Waals surface area (Å²) in [5, 5.41) is 11.7. The first-order valence-corrected chi connectivity index (χ1v) is 9.46. The fourth-order valence-electron chi connectivity index (χ4n) is 2.85. The molecule has 0 aliphatic rings. The second-order valence-electron chi connectivity index (χ2n) is 6.49. The number of nitrogen functional groups attached to an aromatic ring is 1. The number of nitrogens with two attached hydrogens (primary N) is 1. The quantitative estimate of drug-likeness (QED) is 0.455. The fraction of sp³-hybridized carbons (Fsp3) is 0.350. The molecule has 2 atom stereocenters. The molecule has 1 aromatic heterocycles. The van der Waals surface area contributed by atoms with Crippen molar-refractivity contribution in [3.05, 3.63) is 59.3 Å². The number of carbonyl (C=O) groups excluding carboxylic acids is 1. The van der Waals surface area contributed by atoms with E-state index in [0.29, 0.717) is 30.6 Å². The van der Waals surface area contributed by atoms with Gasteiger partial charge in [0.15, 0.2) is 0 Å². The average molecular weight is 405 g/mol. The Bertz CT molecular complexity index is 802. The summed E-state index contributed by atoms with van der Waals surface area (Å²) in [6.07, 6.45) is 2.98. The number of hydrogen-bond acceptors (Lipinski definition) is 5.